The number of carbonyl (C=O) groups excluding carboxylic acids is 1. The molecule has 3 N–H and O–H groups in total. The third-order valence-corrected chi connectivity index (χ3v) is 3.63. The normalized spacial score (nSPS) is 9.95. The van der Waals surface area contributed by atoms with Crippen LogP contribution in [0.15, 0.2) is 18.2 Å². The summed E-state index contributed by atoms with van der Waals surface area (Å²) in [5.74, 6) is 1.48. The standard InChI is InChI=1S/C15H23N3O2S2/c1-11-7-12(2)9-13(8-11)20-10-14(19)17-18-15(21)16-5-4-6-22-3/h7-9H,4-6,10H2,1-3H3,(H,17,19)(H2,16,18,21). The molecule has 0 bridgehead atoms. The SMILES string of the molecule is CSCCCNC(=S)NNC(=O)COc1cc(C)cc(C)c1. The monoisotopic (exact) mass is 341 g/mol. The van der Waals surface area contributed by atoms with Gasteiger partial charge in [-0.05, 0) is 67.8 Å². The summed E-state index contributed by atoms with van der Waals surface area (Å²) in [6.07, 6.45) is 3.08. The van der Waals surface area contributed by atoms with Crippen molar-refractivity contribution < 1.29 is 9.53 Å². The maximum Gasteiger partial charge on any atom is 0.276 e. The Labute approximate surface area is 141 Å². The maximum atomic E-state index is 11.7. The van der Waals surface area contributed by atoms with Crippen molar-refractivity contribution >= 4 is 35.0 Å². The summed E-state index contributed by atoms with van der Waals surface area (Å²) >= 11 is 6.84. The summed E-state index contributed by atoms with van der Waals surface area (Å²) in [6.45, 7) is 4.69. The number of thioether (sulfide) groups is 1. The van der Waals surface area contributed by atoms with Crippen LogP contribution in [0.3, 0.4) is 0 Å². The average molecular weight is 342 g/mol. The third kappa shape index (κ3) is 8.09. The van der Waals surface area contributed by atoms with Gasteiger partial charge < -0.3 is 10.1 Å². The molecular weight excluding hydrogens is 318 g/mol. The molecule has 0 aliphatic heterocycles. The van der Waals surface area contributed by atoms with Crippen molar-refractivity contribution in [1.82, 2.24) is 16.2 Å². The molecule has 1 amide bonds. The second-order valence-corrected chi connectivity index (χ2v) is 6.28. The number of hydrazine groups is 1. The van der Waals surface area contributed by atoms with Crippen molar-refractivity contribution in [1.29, 1.82) is 0 Å². The van der Waals surface area contributed by atoms with Gasteiger partial charge in [-0.1, -0.05) is 6.07 Å². The zero-order valence-electron chi connectivity index (χ0n) is 13.2. The van der Waals surface area contributed by atoms with Crippen LogP contribution in [-0.4, -0.2) is 36.2 Å². The van der Waals surface area contributed by atoms with Crippen molar-refractivity contribution in [2.45, 2.75) is 20.3 Å². The number of carbonyl (C=O) groups is 1. The van der Waals surface area contributed by atoms with Gasteiger partial charge in [0, 0.05) is 6.54 Å². The van der Waals surface area contributed by atoms with E-state index in [1.54, 1.807) is 11.8 Å². The van der Waals surface area contributed by atoms with Gasteiger partial charge >= 0.3 is 0 Å². The number of aryl methyl sites for hydroxylation is 2. The van der Waals surface area contributed by atoms with Crippen molar-refractivity contribution in [2.75, 3.05) is 25.2 Å². The Hall–Kier alpha value is -1.47. The predicted molar refractivity (Wildman–Crippen MR) is 96.3 cm³/mol. The molecule has 0 heterocycles. The maximum absolute atomic E-state index is 11.7. The van der Waals surface area contributed by atoms with Gasteiger partial charge in [0.2, 0.25) is 0 Å². The van der Waals surface area contributed by atoms with E-state index in [0.717, 1.165) is 29.8 Å². The van der Waals surface area contributed by atoms with Crippen LogP contribution in [0.5, 0.6) is 5.75 Å². The highest BCUT2D eigenvalue weighted by atomic mass is 32.2. The highest BCUT2D eigenvalue weighted by Crippen LogP contribution is 2.15. The van der Waals surface area contributed by atoms with Crippen molar-refractivity contribution in [3.05, 3.63) is 29.3 Å². The first-order valence-corrected chi connectivity index (χ1v) is 8.84. The molecule has 122 valence electrons. The number of ether oxygens (including phenoxy) is 1. The topological polar surface area (TPSA) is 62.4 Å². The van der Waals surface area contributed by atoms with Crippen LogP contribution in [-0.2, 0) is 4.79 Å². The Morgan fingerprint density at radius 2 is 1.91 bits per heavy atom. The van der Waals surface area contributed by atoms with Gasteiger partial charge in [-0.25, -0.2) is 0 Å². The number of hydrogen-bond acceptors (Lipinski definition) is 4. The molecule has 7 heteroatoms. The fourth-order valence-corrected chi connectivity index (χ4v) is 2.38. The quantitative estimate of drug-likeness (QED) is 0.400. The Balaban J connectivity index is 2.21. The van der Waals surface area contributed by atoms with E-state index in [0.29, 0.717) is 10.9 Å². The van der Waals surface area contributed by atoms with Gasteiger partial charge in [-0.2, -0.15) is 11.8 Å². The first kappa shape index (κ1) is 18.6. The van der Waals surface area contributed by atoms with Crippen molar-refractivity contribution in [2.24, 2.45) is 0 Å². The molecule has 22 heavy (non-hydrogen) atoms. The number of rotatable bonds is 7. The van der Waals surface area contributed by atoms with Crippen molar-refractivity contribution in [3.8, 4) is 5.75 Å². The highest BCUT2D eigenvalue weighted by molar-refractivity contribution is 7.98. The van der Waals surface area contributed by atoms with Crippen LogP contribution in [0.25, 0.3) is 0 Å². The first-order valence-electron chi connectivity index (χ1n) is 7.04. The second-order valence-electron chi connectivity index (χ2n) is 4.89. The van der Waals surface area contributed by atoms with Gasteiger partial charge in [0.1, 0.15) is 5.75 Å². The molecule has 0 radical (unpaired) electrons. The van der Waals surface area contributed by atoms with Crippen LogP contribution in [0.4, 0.5) is 0 Å². The lowest BCUT2D eigenvalue weighted by molar-refractivity contribution is -0.123. The number of amides is 1. The molecule has 0 aromatic heterocycles. The van der Waals surface area contributed by atoms with Crippen LogP contribution in [0.2, 0.25) is 0 Å². The molecule has 0 aliphatic carbocycles. The van der Waals surface area contributed by atoms with E-state index >= 15 is 0 Å². The molecular formula is C15H23N3O2S2. The van der Waals surface area contributed by atoms with Gasteiger partial charge in [0.25, 0.3) is 5.91 Å². The number of nitrogens with one attached hydrogen (secondary N) is 3. The number of thiocarbonyl (C=S) groups is 1. The van der Waals surface area contributed by atoms with Gasteiger partial charge in [0.05, 0.1) is 0 Å². The van der Waals surface area contributed by atoms with E-state index < -0.39 is 0 Å². The molecule has 1 aromatic carbocycles. The molecule has 0 atom stereocenters. The first-order chi connectivity index (χ1) is 10.5. The fourth-order valence-electron chi connectivity index (χ4n) is 1.79. The molecule has 1 rings (SSSR count). The van der Waals surface area contributed by atoms with Crippen molar-refractivity contribution in [3.63, 3.8) is 0 Å². The predicted octanol–water partition coefficient (Wildman–Crippen LogP) is 1.93. The molecule has 5 nitrogen and oxygen atoms in total. The lowest BCUT2D eigenvalue weighted by Crippen LogP contribution is -2.48. The molecule has 1 aromatic rings. The second kappa shape index (κ2) is 10.3. The van der Waals surface area contributed by atoms with E-state index in [-0.39, 0.29) is 12.5 Å². The summed E-state index contributed by atoms with van der Waals surface area (Å²) < 4.78 is 5.46. The molecule has 0 spiro atoms. The van der Waals surface area contributed by atoms with E-state index in [2.05, 4.69) is 28.5 Å². The van der Waals surface area contributed by atoms with Crippen LogP contribution < -0.4 is 20.9 Å². The largest absolute Gasteiger partial charge is 0.484 e. The van der Waals surface area contributed by atoms with E-state index in [1.807, 2.05) is 26.0 Å². The fraction of sp³-hybridized carbons (Fsp3) is 0.467. The summed E-state index contributed by atoms with van der Waals surface area (Å²) in [7, 11) is 0. The lowest BCUT2D eigenvalue weighted by Gasteiger charge is -2.12. The van der Waals surface area contributed by atoms with E-state index in [9.17, 15) is 4.79 Å². The minimum Gasteiger partial charge on any atom is -0.484 e. The summed E-state index contributed by atoms with van der Waals surface area (Å²) in [5.41, 5.74) is 7.35. The molecule has 0 fully saturated rings. The molecule has 0 saturated heterocycles. The van der Waals surface area contributed by atoms with E-state index in [4.69, 9.17) is 17.0 Å². The lowest BCUT2D eigenvalue weighted by atomic mass is 10.1. The Kier molecular flexibility index (Phi) is 8.69. The van der Waals surface area contributed by atoms with Crippen LogP contribution in [0.1, 0.15) is 17.5 Å². The minimum atomic E-state index is -0.285. The Morgan fingerprint density at radius 1 is 1.23 bits per heavy atom. The van der Waals surface area contributed by atoms with Gasteiger partial charge in [-0.15, -0.1) is 0 Å². The zero-order chi connectivity index (χ0) is 16.4. The summed E-state index contributed by atoms with van der Waals surface area (Å²) in [4.78, 5) is 11.7. The number of benzene rings is 1. The van der Waals surface area contributed by atoms with Crippen LogP contribution in [0, 0.1) is 13.8 Å². The molecule has 0 saturated carbocycles. The molecule has 0 aliphatic rings. The third-order valence-electron chi connectivity index (χ3n) is 2.69. The summed E-state index contributed by atoms with van der Waals surface area (Å²) in [5, 5.41) is 3.42. The summed E-state index contributed by atoms with van der Waals surface area (Å²) in [6, 6.07) is 5.84. The zero-order valence-corrected chi connectivity index (χ0v) is 14.8. The van der Waals surface area contributed by atoms with Crippen LogP contribution >= 0.6 is 24.0 Å². The number of hydrogen-bond donors (Lipinski definition) is 3. The van der Waals surface area contributed by atoms with Gasteiger partial charge in [-0.3, -0.25) is 15.6 Å². The smallest absolute Gasteiger partial charge is 0.276 e. The average Bonchev–Trinajstić information content (AvgIpc) is 2.46. The van der Waals surface area contributed by atoms with E-state index in [1.165, 1.54) is 0 Å². The Bertz CT molecular complexity index is 489. The van der Waals surface area contributed by atoms with Gasteiger partial charge in [0.15, 0.2) is 11.7 Å². The Morgan fingerprint density at radius 3 is 2.55 bits per heavy atom. The minimum absolute atomic E-state index is 0.0645. The highest BCUT2D eigenvalue weighted by Gasteiger charge is 2.04. The molecule has 0 unspecified atom stereocenters.